The summed E-state index contributed by atoms with van der Waals surface area (Å²) < 4.78 is 30.2. The van der Waals surface area contributed by atoms with Gasteiger partial charge in [-0.3, -0.25) is 4.72 Å². The molecule has 0 atom stereocenters. The van der Waals surface area contributed by atoms with Gasteiger partial charge in [0.05, 0.1) is 17.1 Å². The number of benzene rings is 2. The summed E-state index contributed by atoms with van der Waals surface area (Å²) in [6.45, 7) is 7.36. The molecule has 0 aliphatic heterocycles. The molecule has 6 heteroatoms. The maximum absolute atomic E-state index is 12.9. The smallest absolute Gasteiger partial charge is 0.265 e. The van der Waals surface area contributed by atoms with Crippen LogP contribution in [0.4, 0.5) is 5.69 Å². The first-order valence-electron chi connectivity index (χ1n) is 8.01. The van der Waals surface area contributed by atoms with Gasteiger partial charge in [0, 0.05) is 5.69 Å². The van der Waals surface area contributed by atoms with E-state index in [-0.39, 0.29) is 4.90 Å². The number of aromatic nitrogens is 2. The molecule has 0 amide bonds. The van der Waals surface area contributed by atoms with Gasteiger partial charge >= 0.3 is 0 Å². The molecule has 0 unspecified atom stereocenters. The lowest BCUT2D eigenvalue weighted by molar-refractivity contribution is 0.600. The fraction of sp³-hybridized carbons (Fsp3) is 0.211. The van der Waals surface area contributed by atoms with E-state index >= 15 is 0 Å². The van der Waals surface area contributed by atoms with E-state index in [9.17, 15) is 8.42 Å². The first-order valence-corrected chi connectivity index (χ1v) is 9.49. The van der Waals surface area contributed by atoms with Crippen molar-refractivity contribution in [1.82, 2.24) is 9.78 Å². The summed E-state index contributed by atoms with van der Waals surface area (Å²) in [5, 5.41) is 4.42. The number of anilines is 1. The van der Waals surface area contributed by atoms with Crippen molar-refractivity contribution in [3.05, 3.63) is 71.0 Å². The lowest BCUT2D eigenvalue weighted by Gasteiger charge is -2.10. The summed E-state index contributed by atoms with van der Waals surface area (Å²) in [4.78, 5) is 0.218. The van der Waals surface area contributed by atoms with E-state index in [1.54, 1.807) is 18.5 Å². The van der Waals surface area contributed by atoms with Gasteiger partial charge in [-0.25, -0.2) is 13.1 Å². The highest BCUT2D eigenvalue weighted by atomic mass is 32.2. The standard InChI is InChI=1S/C19H21N3O2S/c1-13-10-14(2)12-17(11-13)21-25(23,24)19-15(3)20-22(16(19)4)18-8-6-5-7-9-18/h5-12,21H,1-4H3. The molecule has 1 aromatic heterocycles. The normalized spacial score (nSPS) is 11.5. The molecule has 0 aliphatic rings. The molecular weight excluding hydrogens is 334 g/mol. The van der Waals surface area contributed by atoms with Crippen molar-refractivity contribution in [1.29, 1.82) is 0 Å². The molecule has 0 bridgehead atoms. The largest absolute Gasteiger partial charge is 0.280 e. The second-order valence-electron chi connectivity index (χ2n) is 6.23. The predicted octanol–water partition coefficient (Wildman–Crippen LogP) is 3.91. The van der Waals surface area contributed by atoms with Gasteiger partial charge in [0.2, 0.25) is 0 Å². The minimum absolute atomic E-state index is 0.218. The third kappa shape index (κ3) is 3.44. The molecule has 0 saturated carbocycles. The van der Waals surface area contributed by atoms with Crippen LogP contribution in [0.15, 0.2) is 53.4 Å². The number of nitrogens with zero attached hydrogens (tertiary/aromatic N) is 2. The Morgan fingerprint density at radius 1 is 0.920 bits per heavy atom. The van der Waals surface area contributed by atoms with Crippen molar-refractivity contribution < 1.29 is 8.42 Å². The van der Waals surface area contributed by atoms with Crippen molar-refractivity contribution in [2.24, 2.45) is 0 Å². The highest BCUT2D eigenvalue weighted by molar-refractivity contribution is 7.92. The molecule has 3 rings (SSSR count). The van der Waals surface area contributed by atoms with Crippen LogP contribution in [0.25, 0.3) is 5.69 Å². The van der Waals surface area contributed by atoms with Crippen molar-refractivity contribution in [2.75, 3.05) is 4.72 Å². The van der Waals surface area contributed by atoms with Crippen LogP contribution >= 0.6 is 0 Å². The van der Waals surface area contributed by atoms with Crippen molar-refractivity contribution in [2.45, 2.75) is 32.6 Å². The third-order valence-electron chi connectivity index (χ3n) is 3.97. The van der Waals surface area contributed by atoms with Crippen LogP contribution in [0.3, 0.4) is 0 Å². The summed E-state index contributed by atoms with van der Waals surface area (Å²) in [6, 6.07) is 15.1. The molecular formula is C19H21N3O2S. The molecule has 25 heavy (non-hydrogen) atoms. The fourth-order valence-electron chi connectivity index (χ4n) is 3.08. The van der Waals surface area contributed by atoms with Crippen molar-refractivity contribution >= 4 is 15.7 Å². The van der Waals surface area contributed by atoms with Gasteiger partial charge in [-0.05, 0) is 63.1 Å². The molecule has 0 spiro atoms. The zero-order chi connectivity index (χ0) is 18.2. The maximum atomic E-state index is 12.9. The van der Waals surface area contributed by atoms with Crippen LogP contribution in [0, 0.1) is 27.7 Å². The Hall–Kier alpha value is -2.60. The van der Waals surface area contributed by atoms with E-state index < -0.39 is 10.0 Å². The maximum Gasteiger partial charge on any atom is 0.265 e. The lowest BCUT2D eigenvalue weighted by atomic mass is 10.1. The third-order valence-corrected chi connectivity index (χ3v) is 5.60. The van der Waals surface area contributed by atoms with Crippen molar-refractivity contribution in [3.8, 4) is 5.69 Å². The van der Waals surface area contributed by atoms with Gasteiger partial charge in [0.25, 0.3) is 10.0 Å². The average Bonchev–Trinajstić information content (AvgIpc) is 2.82. The Balaban J connectivity index is 2.05. The average molecular weight is 355 g/mol. The fourth-order valence-corrected chi connectivity index (χ4v) is 4.51. The van der Waals surface area contributed by atoms with E-state index in [0.717, 1.165) is 16.8 Å². The van der Waals surface area contributed by atoms with E-state index in [0.29, 0.717) is 17.1 Å². The molecule has 3 aromatic rings. The van der Waals surface area contributed by atoms with Crippen LogP contribution < -0.4 is 4.72 Å². The monoisotopic (exact) mass is 355 g/mol. The summed E-state index contributed by atoms with van der Waals surface area (Å²) in [7, 11) is -3.73. The van der Waals surface area contributed by atoms with Gasteiger partial charge in [0.1, 0.15) is 4.90 Å². The molecule has 130 valence electrons. The van der Waals surface area contributed by atoms with Gasteiger partial charge < -0.3 is 0 Å². The summed E-state index contributed by atoms with van der Waals surface area (Å²) >= 11 is 0. The highest BCUT2D eigenvalue weighted by Gasteiger charge is 2.25. The van der Waals surface area contributed by atoms with E-state index in [1.165, 1.54) is 0 Å². The Morgan fingerprint density at radius 2 is 1.52 bits per heavy atom. The van der Waals surface area contributed by atoms with Crippen LogP contribution in [-0.2, 0) is 10.0 Å². The van der Waals surface area contributed by atoms with E-state index in [1.807, 2.05) is 62.4 Å². The van der Waals surface area contributed by atoms with Gasteiger partial charge in [-0.2, -0.15) is 5.10 Å². The second-order valence-corrected chi connectivity index (χ2v) is 7.85. The predicted molar refractivity (Wildman–Crippen MR) is 99.8 cm³/mol. The first kappa shape index (κ1) is 17.2. The molecule has 0 aliphatic carbocycles. The zero-order valence-electron chi connectivity index (χ0n) is 14.7. The summed E-state index contributed by atoms with van der Waals surface area (Å²) in [5.41, 5.74) is 4.45. The second kappa shape index (κ2) is 6.37. The van der Waals surface area contributed by atoms with Crippen LogP contribution in [0.2, 0.25) is 0 Å². The van der Waals surface area contributed by atoms with Crippen LogP contribution in [0.1, 0.15) is 22.5 Å². The topological polar surface area (TPSA) is 64.0 Å². The summed E-state index contributed by atoms with van der Waals surface area (Å²) in [5.74, 6) is 0. The van der Waals surface area contributed by atoms with Crippen molar-refractivity contribution in [3.63, 3.8) is 0 Å². The molecule has 1 N–H and O–H groups in total. The van der Waals surface area contributed by atoms with Gasteiger partial charge in [-0.1, -0.05) is 24.3 Å². The Bertz CT molecular complexity index is 1000. The highest BCUT2D eigenvalue weighted by Crippen LogP contribution is 2.25. The molecule has 0 saturated heterocycles. The zero-order valence-corrected chi connectivity index (χ0v) is 15.6. The van der Waals surface area contributed by atoms with Crippen LogP contribution in [-0.4, -0.2) is 18.2 Å². The molecule has 5 nitrogen and oxygen atoms in total. The van der Waals surface area contributed by atoms with E-state index in [2.05, 4.69) is 9.82 Å². The molecule has 0 fully saturated rings. The number of aryl methyl sites for hydroxylation is 3. The quantitative estimate of drug-likeness (QED) is 0.772. The van der Waals surface area contributed by atoms with E-state index in [4.69, 9.17) is 0 Å². The Kier molecular flexibility index (Phi) is 4.39. The lowest BCUT2D eigenvalue weighted by Crippen LogP contribution is -2.15. The molecule has 1 heterocycles. The molecule has 0 radical (unpaired) electrons. The van der Waals surface area contributed by atoms with Gasteiger partial charge in [0.15, 0.2) is 0 Å². The Morgan fingerprint density at radius 3 is 2.12 bits per heavy atom. The summed E-state index contributed by atoms with van der Waals surface area (Å²) in [6.07, 6.45) is 0. The number of rotatable bonds is 4. The number of hydrogen-bond acceptors (Lipinski definition) is 3. The minimum atomic E-state index is -3.73. The number of nitrogens with one attached hydrogen (secondary N) is 1. The van der Waals surface area contributed by atoms with Crippen LogP contribution in [0.5, 0.6) is 0 Å². The first-order chi connectivity index (χ1) is 11.8. The number of hydrogen-bond donors (Lipinski definition) is 1. The number of sulfonamides is 1. The number of para-hydroxylation sites is 1. The Labute approximate surface area is 148 Å². The molecule has 2 aromatic carbocycles. The van der Waals surface area contributed by atoms with Gasteiger partial charge in [-0.15, -0.1) is 0 Å². The minimum Gasteiger partial charge on any atom is -0.280 e. The SMILES string of the molecule is Cc1cc(C)cc(NS(=O)(=O)c2c(C)nn(-c3ccccc3)c2C)c1.